The van der Waals surface area contributed by atoms with E-state index in [1.54, 1.807) is 13.2 Å². The number of carbonyl (C=O) groups is 2. The molecule has 0 aliphatic carbocycles. The average Bonchev–Trinajstić information content (AvgIpc) is 2.54. The first kappa shape index (κ1) is 15.3. The van der Waals surface area contributed by atoms with Crippen molar-refractivity contribution in [1.29, 1.82) is 0 Å². The molecule has 0 unspecified atom stereocenters. The molecule has 0 saturated carbocycles. The molecule has 1 aliphatic rings. The Hall–Kier alpha value is -1.14. The van der Waals surface area contributed by atoms with Crippen LogP contribution in [0.15, 0.2) is 26.7 Å². The summed E-state index contributed by atoms with van der Waals surface area (Å²) >= 11 is 6.80. The summed E-state index contributed by atoms with van der Waals surface area (Å²) in [6.07, 6.45) is 2.68. The Labute approximate surface area is 133 Å². The molecule has 0 spiro atoms. The molecule has 1 fully saturated rings. The number of rotatable bonds is 2. The van der Waals surface area contributed by atoms with Crippen LogP contribution >= 0.6 is 31.9 Å². The highest BCUT2D eigenvalue weighted by atomic mass is 79.9. The Morgan fingerprint density at radius 3 is 2.50 bits per heavy atom. The summed E-state index contributed by atoms with van der Waals surface area (Å²) in [7, 11) is 1.57. The van der Waals surface area contributed by atoms with Crippen LogP contribution in [0.1, 0.15) is 18.4 Å². The second kappa shape index (κ2) is 6.54. The van der Waals surface area contributed by atoms with Crippen molar-refractivity contribution in [2.75, 3.05) is 13.7 Å². The van der Waals surface area contributed by atoms with Crippen LogP contribution in [0, 0.1) is 0 Å². The summed E-state index contributed by atoms with van der Waals surface area (Å²) in [6.45, 7) is 0.540. The fourth-order valence-corrected chi connectivity index (χ4v) is 3.52. The molecule has 0 aromatic heterocycles. The molecule has 2 rings (SSSR count). The third kappa shape index (κ3) is 3.30. The normalized spacial score (nSPS) is 17.9. The topological polar surface area (TPSA) is 55.4 Å². The minimum atomic E-state index is -0.310. The minimum Gasteiger partial charge on any atom is -0.494 e. The molecular formula is C14H13Br2NO3. The number of hydrogen-bond donors (Lipinski definition) is 1. The quantitative estimate of drug-likeness (QED) is 0.610. The van der Waals surface area contributed by atoms with Gasteiger partial charge in [-0.15, -0.1) is 0 Å². The van der Waals surface area contributed by atoms with E-state index < -0.39 is 0 Å². The zero-order valence-corrected chi connectivity index (χ0v) is 14.0. The first-order chi connectivity index (χ1) is 9.52. The minimum absolute atomic E-state index is 0.122. The van der Waals surface area contributed by atoms with Crippen LogP contribution in [0.3, 0.4) is 0 Å². The lowest BCUT2D eigenvalue weighted by molar-refractivity contribution is -0.121. The second-order valence-corrected chi connectivity index (χ2v) is 6.07. The van der Waals surface area contributed by atoms with Gasteiger partial charge in [-0.2, -0.15) is 0 Å². The largest absolute Gasteiger partial charge is 0.494 e. The molecule has 1 aliphatic heterocycles. The van der Waals surface area contributed by atoms with Crippen molar-refractivity contribution >= 4 is 49.6 Å². The fourth-order valence-electron chi connectivity index (χ4n) is 1.98. The zero-order valence-electron chi connectivity index (χ0n) is 10.8. The Morgan fingerprint density at radius 2 is 1.90 bits per heavy atom. The number of nitrogens with one attached hydrogen (secondary N) is 1. The first-order valence-electron chi connectivity index (χ1n) is 6.09. The van der Waals surface area contributed by atoms with Crippen molar-refractivity contribution in [3.63, 3.8) is 0 Å². The summed E-state index contributed by atoms with van der Waals surface area (Å²) in [5.41, 5.74) is 0.955. The van der Waals surface area contributed by atoms with Crippen LogP contribution in [0.5, 0.6) is 5.75 Å². The monoisotopic (exact) mass is 401 g/mol. The van der Waals surface area contributed by atoms with E-state index in [-0.39, 0.29) is 17.3 Å². The Kier molecular flexibility index (Phi) is 4.99. The third-order valence-electron chi connectivity index (χ3n) is 2.95. The van der Waals surface area contributed by atoms with E-state index in [1.165, 1.54) is 0 Å². The van der Waals surface area contributed by atoms with Gasteiger partial charge in [0, 0.05) is 13.0 Å². The summed E-state index contributed by atoms with van der Waals surface area (Å²) < 4.78 is 6.73. The predicted molar refractivity (Wildman–Crippen MR) is 83.6 cm³/mol. The molecule has 1 N–H and O–H groups in total. The van der Waals surface area contributed by atoms with Gasteiger partial charge in [-0.25, -0.2) is 0 Å². The SMILES string of the molecule is COc1c(Br)cc(/C=C2\C(=O)CCCNC2=O)cc1Br. The smallest absolute Gasteiger partial charge is 0.254 e. The molecule has 0 radical (unpaired) electrons. The number of methoxy groups -OCH3 is 1. The molecule has 1 saturated heterocycles. The van der Waals surface area contributed by atoms with E-state index in [0.717, 1.165) is 14.5 Å². The summed E-state index contributed by atoms with van der Waals surface area (Å²) in [6, 6.07) is 3.62. The van der Waals surface area contributed by atoms with Crippen molar-refractivity contribution < 1.29 is 14.3 Å². The number of Topliss-reactive ketones (excluding diaryl/α,β-unsaturated/α-hetero) is 1. The number of ketones is 1. The van der Waals surface area contributed by atoms with Gasteiger partial charge >= 0.3 is 0 Å². The lowest BCUT2D eigenvalue weighted by atomic mass is 10.0. The van der Waals surface area contributed by atoms with E-state index in [1.807, 2.05) is 12.1 Å². The standard InChI is InChI=1S/C14H13Br2NO3/c1-20-13-10(15)6-8(7-11(13)16)5-9-12(18)3-2-4-17-14(9)19/h5-7H,2-4H2,1H3,(H,17,19)/b9-5+. The lowest BCUT2D eigenvalue weighted by Crippen LogP contribution is -2.25. The second-order valence-electron chi connectivity index (χ2n) is 4.36. The molecule has 106 valence electrons. The highest BCUT2D eigenvalue weighted by molar-refractivity contribution is 9.11. The lowest BCUT2D eigenvalue weighted by Gasteiger charge is -2.08. The van der Waals surface area contributed by atoms with Gasteiger partial charge in [0.2, 0.25) is 0 Å². The van der Waals surface area contributed by atoms with Gasteiger partial charge in [0.25, 0.3) is 5.91 Å². The van der Waals surface area contributed by atoms with E-state index in [9.17, 15) is 9.59 Å². The van der Waals surface area contributed by atoms with Gasteiger partial charge in [0.15, 0.2) is 5.78 Å². The van der Waals surface area contributed by atoms with Gasteiger partial charge in [-0.05, 0) is 62.1 Å². The van der Waals surface area contributed by atoms with Crippen molar-refractivity contribution in [2.45, 2.75) is 12.8 Å². The molecule has 4 nitrogen and oxygen atoms in total. The molecule has 0 bridgehead atoms. The molecule has 1 heterocycles. The van der Waals surface area contributed by atoms with Gasteiger partial charge in [0.1, 0.15) is 5.75 Å². The first-order valence-corrected chi connectivity index (χ1v) is 7.67. The highest BCUT2D eigenvalue weighted by Crippen LogP contribution is 2.35. The number of amides is 1. The molecular weight excluding hydrogens is 390 g/mol. The van der Waals surface area contributed by atoms with Crippen molar-refractivity contribution in [2.24, 2.45) is 0 Å². The van der Waals surface area contributed by atoms with Gasteiger partial charge < -0.3 is 10.1 Å². The summed E-state index contributed by atoms with van der Waals surface area (Å²) in [5.74, 6) is 0.238. The van der Waals surface area contributed by atoms with Crippen molar-refractivity contribution in [1.82, 2.24) is 5.32 Å². The molecule has 1 amide bonds. The van der Waals surface area contributed by atoms with E-state index >= 15 is 0 Å². The molecule has 0 atom stereocenters. The maximum atomic E-state index is 11.9. The fraction of sp³-hybridized carbons (Fsp3) is 0.286. The van der Waals surface area contributed by atoms with E-state index in [4.69, 9.17) is 4.74 Å². The number of ether oxygens (including phenoxy) is 1. The summed E-state index contributed by atoms with van der Waals surface area (Å²) in [5, 5.41) is 2.72. The Morgan fingerprint density at radius 1 is 1.25 bits per heavy atom. The maximum absolute atomic E-state index is 11.9. The maximum Gasteiger partial charge on any atom is 0.254 e. The van der Waals surface area contributed by atoms with Crippen LogP contribution in [-0.4, -0.2) is 25.3 Å². The van der Waals surface area contributed by atoms with Gasteiger partial charge in [0.05, 0.1) is 21.6 Å². The Balaban J connectivity index is 2.43. The van der Waals surface area contributed by atoms with Crippen LogP contribution < -0.4 is 10.1 Å². The van der Waals surface area contributed by atoms with Crippen LogP contribution in [-0.2, 0) is 9.59 Å². The van der Waals surface area contributed by atoms with Crippen molar-refractivity contribution in [3.05, 3.63) is 32.2 Å². The number of halogens is 2. The summed E-state index contributed by atoms with van der Waals surface area (Å²) in [4.78, 5) is 23.8. The zero-order chi connectivity index (χ0) is 14.7. The van der Waals surface area contributed by atoms with Crippen LogP contribution in [0.4, 0.5) is 0 Å². The van der Waals surface area contributed by atoms with Gasteiger partial charge in [-0.1, -0.05) is 0 Å². The van der Waals surface area contributed by atoms with Gasteiger partial charge in [-0.3, -0.25) is 9.59 Å². The van der Waals surface area contributed by atoms with Crippen LogP contribution in [0.25, 0.3) is 6.08 Å². The van der Waals surface area contributed by atoms with E-state index in [0.29, 0.717) is 25.1 Å². The average molecular weight is 403 g/mol. The number of hydrogen-bond acceptors (Lipinski definition) is 3. The number of carbonyl (C=O) groups excluding carboxylic acids is 2. The third-order valence-corrected chi connectivity index (χ3v) is 4.13. The van der Waals surface area contributed by atoms with Crippen LogP contribution in [0.2, 0.25) is 0 Å². The highest BCUT2D eigenvalue weighted by Gasteiger charge is 2.21. The molecule has 20 heavy (non-hydrogen) atoms. The molecule has 1 aromatic rings. The van der Waals surface area contributed by atoms with E-state index in [2.05, 4.69) is 37.2 Å². The molecule has 6 heteroatoms. The number of benzene rings is 1. The Bertz CT molecular complexity index is 553. The predicted octanol–water partition coefficient (Wildman–Crippen LogP) is 3.08. The van der Waals surface area contributed by atoms with Crippen molar-refractivity contribution in [3.8, 4) is 5.75 Å². The molecule has 1 aromatic carbocycles.